The number of fused-ring (bicyclic) bond motifs is 1. The van der Waals surface area contributed by atoms with Crippen molar-refractivity contribution in [3.05, 3.63) is 47.5 Å². The van der Waals surface area contributed by atoms with E-state index in [2.05, 4.69) is 35.2 Å². The van der Waals surface area contributed by atoms with Crippen LogP contribution >= 0.6 is 11.8 Å². The number of aryl methyl sites for hydroxylation is 1. The lowest BCUT2D eigenvalue weighted by molar-refractivity contribution is -0.113. The molecular formula is C20H23N3O2S. The molecule has 0 aliphatic carbocycles. The zero-order chi connectivity index (χ0) is 18.7. The largest absolute Gasteiger partial charge is 0.497 e. The second-order valence-corrected chi connectivity index (χ2v) is 7.42. The van der Waals surface area contributed by atoms with E-state index in [1.807, 2.05) is 37.3 Å². The summed E-state index contributed by atoms with van der Waals surface area (Å²) in [5, 5.41) is 3.78. The summed E-state index contributed by atoms with van der Waals surface area (Å²) in [6.45, 7) is 6.27. The van der Waals surface area contributed by atoms with Gasteiger partial charge < -0.3 is 15.0 Å². The molecule has 0 aliphatic heterocycles. The number of rotatable bonds is 6. The number of hydrogen-bond acceptors (Lipinski definition) is 4. The van der Waals surface area contributed by atoms with Crippen LogP contribution in [0.4, 0.5) is 5.69 Å². The van der Waals surface area contributed by atoms with Crippen molar-refractivity contribution in [3.8, 4) is 5.75 Å². The number of nitrogens with zero attached hydrogens (tertiary/aromatic N) is 1. The number of ether oxygens (including phenoxy) is 1. The van der Waals surface area contributed by atoms with Crippen molar-refractivity contribution in [2.75, 3.05) is 18.2 Å². The van der Waals surface area contributed by atoms with Crippen molar-refractivity contribution in [1.29, 1.82) is 0 Å². The van der Waals surface area contributed by atoms with Gasteiger partial charge in [-0.3, -0.25) is 4.79 Å². The summed E-state index contributed by atoms with van der Waals surface area (Å²) in [6.07, 6.45) is 0. The molecule has 0 radical (unpaired) electrons. The molecular weight excluding hydrogens is 346 g/mol. The number of para-hydroxylation sites is 1. The van der Waals surface area contributed by atoms with E-state index >= 15 is 0 Å². The quantitative estimate of drug-likeness (QED) is 0.616. The number of anilines is 1. The number of amides is 1. The maximum Gasteiger partial charge on any atom is 0.234 e. The lowest BCUT2D eigenvalue weighted by atomic mass is 9.98. The van der Waals surface area contributed by atoms with E-state index in [0.29, 0.717) is 11.7 Å². The van der Waals surface area contributed by atoms with Crippen LogP contribution in [-0.2, 0) is 4.79 Å². The Kier molecular flexibility index (Phi) is 5.52. The number of H-pyrrole nitrogens is 1. The minimum absolute atomic E-state index is 0.0377. The number of benzene rings is 2. The molecule has 6 heteroatoms. The molecule has 26 heavy (non-hydrogen) atoms. The predicted octanol–water partition coefficient (Wildman–Crippen LogP) is 4.73. The standard InChI is InChI=1S/C20H23N3O2S/c1-12(2)15-7-5-6-13(3)19(15)23-18(24)11-26-20-21-16-9-8-14(25-4)10-17(16)22-20/h5-10,12H,11H2,1-4H3,(H,21,22)(H,23,24). The molecule has 1 aromatic heterocycles. The maximum absolute atomic E-state index is 12.4. The maximum atomic E-state index is 12.4. The smallest absolute Gasteiger partial charge is 0.234 e. The van der Waals surface area contributed by atoms with E-state index in [4.69, 9.17) is 4.74 Å². The van der Waals surface area contributed by atoms with Crippen LogP contribution in [0.1, 0.15) is 30.9 Å². The average Bonchev–Trinajstić information content (AvgIpc) is 3.03. The third-order valence-corrected chi connectivity index (χ3v) is 5.07. The van der Waals surface area contributed by atoms with Crippen molar-refractivity contribution < 1.29 is 9.53 Å². The molecule has 2 aromatic carbocycles. The molecule has 0 bridgehead atoms. The molecule has 0 unspecified atom stereocenters. The summed E-state index contributed by atoms with van der Waals surface area (Å²) in [7, 11) is 1.63. The zero-order valence-corrected chi connectivity index (χ0v) is 16.2. The molecule has 0 saturated heterocycles. The van der Waals surface area contributed by atoms with Gasteiger partial charge in [-0.05, 0) is 36.1 Å². The minimum atomic E-state index is -0.0377. The average molecular weight is 369 g/mol. The van der Waals surface area contributed by atoms with Gasteiger partial charge in [0.2, 0.25) is 5.91 Å². The van der Waals surface area contributed by atoms with Gasteiger partial charge in [0.15, 0.2) is 5.16 Å². The molecule has 1 heterocycles. The Hall–Kier alpha value is -2.47. The highest BCUT2D eigenvalue weighted by molar-refractivity contribution is 7.99. The van der Waals surface area contributed by atoms with Crippen molar-refractivity contribution in [3.63, 3.8) is 0 Å². The Balaban J connectivity index is 1.68. The summed E-state index contributed by atoms with van der Waals surface area (Å²) in [4.78, 5) is 20.2. The number of aromatic nitrogens is 2. The number of methoxy groups -OCH3 is 1. The number of nitrogens with one attached hydrogen (secondary N) is 2. The van der Waals surface area contributed by atoms with E-state index in [0.717, 1.165) is 38.8 Å². The summed E-state index contributed by atoms with van der Waals surface area (Å²) in [5.74, 6) is 1.38. The van der Waals surface area contributed by atoms with Gasteiger partial charge in [-0.15, -0.1) is 0 Å². The Labute approximate surface area is 157 Å². The summed E-state index contributed by atoms with van der Waals surface area (Å²) in [6, 6.07) is 11.8. The van der Waals surface area contributed by atoms with Crippen LogP contribution in [0.15, 0.2) is 41.6 Å². The number of hydrogen-bond donors (Lipinski definition) is 2. The van der Waals surface area contributed by atoms with Gasteiger partial charge in [0.1, 0.15) is 5.75 Å². The fourth-order valence-electron chi connectivity index (χ4n) is 2.81. The second-order valence-electron chi connectivity index (χ2n) is 6.46. The van der Waals surface area contributed by atoms with Crippen LogP contribution in [0.5, 0.6) is 5.75 Å². The van der Waals surface area contributed by atoms with Crippen LogP contribution in [0.3, 0.4) is 0 Å². The summed E-state index contributed by atoms with van der Waals surface area (Å²) < 4.78 is 5.22. The number of thioether (sulfide) groups is 1. The monoisotopic (exact) mass is 369 g/mol. The van der Waals surface area contributed by atoms with Crippen LogP contribution in [0.25, 0.3) is 11.0 Å². The first-order valence-electron chi connectivity index (χ1n) is 8.54. The van der Waals surface area contributed by atoms with Crippen LogP contribution in [0, 0.1) is 6.92 Å². The van der Waals surface area contributed by atoms with Crippen molar-refractivity contribution in [2.24, 2.45) is 0 Å². The molecule has 0 saturated carbocycles. The van der Waals surface area contributed by atoms with Gasteiger partial charge in [-0.2, -0.15) is 0 Å². The molecule has 0 spiro atoms. The van der Waals surface area contributed by atoms with Gasteiger partial charge in [0.25, 0.3) is 0 Å². The Bertz CT molecular complexity index is 934. The molecule has 136 valence electrons. The van der Waals surface area contributed by atoms with Gasteiger partial charge in [0, 0.05) is 11.8 Å². The predicted molar refractivity (Wildman–Crippen MR) is 107 cm³/mol. The van der Waals surface area contributed by atoms with E-state index in [9.17, 15) is 4.79 Å². The van der Waals surface area contributed by atoms with Crippen LogP contribution in [-0.4, -0.2) is 28.7 Å². The first-order valence-corrected chi connectivity index (χ1v) is 9.52. The third-order valence-electron chi connectivity index (χ3n) is 4.20. The normalized spacial score (nSPS) is 11.1. The molecule has 0 atom stereocenters. The molecule has 0 fully saturated rings. The fraction of sp³-hybridized carbons (Fsp3) is 0.300. The lowest BCUT2D eigenvalue weighted by Gasteiger charge is -2.16. The van der Waals surface area contributed by atoms with E-state index in [1.54, 1.807) is 7.11 Å². The van der Waals surface area contributed by atoms with Crippen molar-refractivity contribution >= 4 is 34.4 Å². The topological polar surface area (TPSA) is 67.0 Å². The Morgan fingerprint density at radius 1 is 1.31 bits per heavy atom. The van der Waals surface area contributed by atoms with E-state index < -0.39 is 0 Å². The fourth-order valence-corrected chi connectivity index (χ4v) is 3.50. The molecule has 1 amide bonds. The van der Waals surface area contributed by atoms with Crippen LogP contribution in [0.2, 0.25) is 0 Å². The zero-order valence-electron chi connectivity index (χ0n) is 15.4. The SMILES string of the molecule is COc1ccc2nc(SCC(=O)Nc3c(C)cccc3C(C)C)[nH]c2c1. The molecule has 3 rings (SSSR count). The highest BCUT2D eigenvalue weighted by Crippen LogP contribution is 2.28. The molecule has 3 aromatic rings. The number of carbonyl (C=O) groups excluding carboxylic acids is 1. The van der Waals surface area contributed by atoms with Gasteiger partial charge in [-0.1, -0.05) is 43.8 Å². The summed E-state index contributed by atoms with van der Waals surface area (Å²) >= 11 is 1.39. The van der Waals surface area contributed by atoms with Gasteiger partial charge in [-0.25, -0.2) is 4.98 Å². The van der Waals surface area contributed by atoms with Gasteiger partial charge in [0.05, 0.1) is 23.9 Å². The lowest BCUT2D eigenvalue weighted by Crippen LogP contribution is -2.16. The second kappa shape index (κ2) is 7.83. The first-order chi connectivity index (χ1) is 12.5. The van der Waals surface area contributed by atoms with Crippen LogP contribution < -0.4 is 10.1 Å². The van der Waals surface area contributed by atoms with E-state index in [-0.39, 0.29) is 5.91 Å². The van der Waals surface area contributed by atoms with E-state index in [1.165, 1.54) is 11.8 Å². The first kappa shape index (κ1) is 18.3. The van der Waals surface area contributed by atoms with Crippen molar-refractivity contribution in [2.45, 2.75) is 31.8 Å². The molecule has 0 aliphatic rings. The Morgan fingerprint density at radius 2 is 2.12 bits per heavy atom. The van der Waals surface area contributed by atoms with Crippen molar-refractivity contribution in [1.82, 2.24) is 9.97 Å². The van der Waals surface area contributed by atoms with Gasteiger partial charge >= 0.3 is 0 Å². The highest BCUT2D eigenvalue weighted by atomic mass is 32.2. The number of carbonyl (C=O) groups is 1. The summed E-state index contributed by atoms with van der Waals surface area (Å²) in [5.41, 5.74) is 4.90. The number of imidazole rings is 1. The molecule has 5 nitrogen and oxygen atoms in total. The Morgan fingerprint density at radius 3 is 2.85 bits per heavy atom. The molecule has 2 N–H and O–H groups in total. The number of aromatic amines is 1. The third kappa shape index (κ3) is 4.02. The highest BCUT2D eigenvalue weighted by Gasteiger charge is 2.13. The minimum Gasteiger partial charge on any atom is -0.497 e.